The molecular formula is C20H18ClN7O2. The van der Waals surface area contributed by atoms with E-state index < -0.39 is 6.04 Å². The lowest BCUT2D eigenvalue weighted by molar-refractivity contribution is 0.0642. The molecule has 1 aliphatic carbocycles. The van der Waals surface area contributed by atoms with Crippen LogP contribution in [0.25, 0.3) is 5.52 Å². The number of nitrogens with zero attached hydrogens (tertiary/aromatic N) is 6. The summed E-state index contributed by atoms with van der Waals surface area (Å²) in [5, 5.41) is 13.4. The Bertz CT molecular complexity index is 1260. The molecule has 1 aliphatic heterocycles. The van der Waals surface area contributed by atoms with E-state index in [0.717, 1.165) is 36.2 Å². The first-order valence-electron chi connectivity index (χ1n) is 9.99. The van der Waals surface area contributed by atoms with Crippen LogP contribution in [0.5, 0.6) is 0 Å². The number of carbonyl (C=O) groups is 1. The predicted octanol–water partition coefficient (Wildman–Crippen LogP) is 3.15. The molecular weight excluding hydrogens is 406 g/mol. The number of halogens is 1. The van der Waals surface area contributed by atoms with E-state index in [2.05, 4.69) is 25.3 Å². The number of fused-ring (bicyclic) bond motifs is 2. The molecule has 1 amide bonds. The SMILES string of the molecule is O=C(c1nnc(C2CCC2)o1)N1CCc2[nH]cnc2C1c1cc2c(Cl)cccn2n1. The number of pyridine rings is 1. The van der Waals surface area contributed by atoms with E-state index in [1.807, 2.05) is 24.4 Å². The molecule has 4 aromatic rings. The van der Waals surface area contributed by atoms with E-state index in [-0.39, 0.29) is 17.7 Å². The van der Waals surface area contributed by atoms with E-state index in [1.54, 1.807) is 15.7 Å². The Labute approximate surface area is 176 Å². The lowest BCUT2D eigenvalue weighted by atomic mass is 9.85. The van der Waals surface area contributed by atoms with Crippen molar-refractivity contribution in [3.05, 3.63) is 64.6 Å². The molecule has 9 nitrogen and oxygen atoms in total. The standard InChI is InChI=1S/C20H18ClN7O2/c21-12-5-2-7-28-15(12)9-14(26-28)17-16-13(22-10-23-16)6-8-27(17)20(29)19-25-24-18(30-19)11-3-1-4-11/h2,5,7,9-11,17H,1,3-4,6,8H2,(H,22,23). The summed E-state index contributed by atoms with van der Waals surface area (Å²) >= 11 is 6.34. The van der Waals surface area contributed by atoms with Gasteiger partial charge in [-0.15, -0.1) is 10.2 Å². The summed E-state index contributed by atoms with van der Waals surface area (Å²) in [7, 11) is 0. The van der Waals surface area contributed by atoms with E-state index in [1.165, 1.54) is 0 Å². The maximum Gasteiger partial charge on any atom is 0.312 e. The summed E-state index contributed by atoms with van der Waals surface area (Å²) in [5.74, 6) is 0.533. The van der Waals surface area contributed by atoms with Gasteiger partial charge in [-0.25, -0.2) is 9.50 Å². The number of hydrogen-bond acceptors (Lipinski definition) is 6. The quantitative estimate of drug-likeness (QED) is 0.542. The molecule has 1 unspecified atom stereocenters. The van der Waals surface area contributed by atoms with Gasteiger partial charge in [0.15, 0.2) is 0 Å². The zero-order valence-corrected chi connectivity index (χ0v) is 16.7. The molecule has 1 N–H and O–H groups in total. The van der Waals surface area contributed by atoms with Crippen LogP contribution in [0.15, 0.2) is 35.1 Å². The second-order valence-electron chi connectivity index (χ2n) is 7.75. The van der Waals surface area contributed by atoms with Crippen LogP contribution < -0.4 is 0 Å². The van der Waals surface area contributed by atoms with Gasteiger partial charge in [0.2, 0.25) is 5.89 Å². The van der Waals surface area contributed by atoms with Crippen molar-refractivity contribution >= 4 is 23.0 Å². The Balaban J connectivity index is 1.41. The van der Waals surface area contributed by atoms with Crippen molar-refractivity contribution in [3.8, 4) is 0 Å². The molecule has 0 radical (unpaired) electrons. The van der Waals surface area contributed by atoms with Crippen molar-refractivity contribution in [2.45, 2.75) is 37.6 Å². The number of aromatic nitrogens is 6. The Morgan fingerprint density at radius 3 is 3.00 bits per heavy atom. The average Bonchev–Trinajstić information content (AvgIpc) is 3.44. The second-order valence-corrected chi connectivity index (χ2v) is 8.15. The first kappa shape index (κ1) is 17.6. The number of rotatable bonds is 3. The van der Waals surface area contributed by atoms with Gasteiger partial charge in [-0.1, -0.05) is 18.0 Å². The van der Waals surface area contributed by atoms with E-state index in [0.29, 0.717) is 29.6 Å². The third-order valence-electron chi connectivity index (χ3n) is 6.01. The molecule has 4 aromatic heterocycles. The van der Waals surface area contributed by atoms with Crippen LogP contribution in [-0.2, 0) is 6.42 Å². The van der Waals surface area contributed by atoms with Gasteiger partial charge >= 0.3 is 11.8 Å². The molecule has 0 saturated heterocycles. The first-order chi connectivity index (χ1) is 14.7. The third-order valence-corrected chi connectivity index (χ3v) is 6.33. The van der Waals surface area contributed by atoms with Gasteiger partial charge in [-0.3, -0.25) is 4.79 Å². The van der Waals surface area contributed by atoms with Crippen molar-refractivity contribution in [1.82, 2.24) is 34.7 Å². The highest BCUT2D eigenvalue weighted by Crippen LogP contribution is 2.37. The maximum absolute atomic E-state index is 13.4. The first-order valence-corrected chi connectivity index (χ1v) is 10.4. The highest BCUT2D eigenvalue weighted by molar-refractivity contribution is 6.33. The smallest absolute Gasteiger partial charge is 0.312 e. The van der Waals surface area contributed by atoms with Crippen LogP contribution >= 0.6 is 11.6 Å². The lowest BCUT2D eigenvalue weighted by Gasteiger charge is -2.32. The van der Waals surface area contributed by atoms with Gasteiger partial charge in [0.05, 0.1) is 28.3 Å². The normalized spacial score (nSPS) is 19.1. The van der Waals surface area contributed by atoms with Crippen molar-refractivity contribution < 1.29 is 9.21 Å². The van der Waals surface area contributed by atoms with Crippen molar-refractivity contribution in [3.63, 3.8) is 0 Å². The molecule has 30 heavy (non-hydrogen) atoms. The number of imidazole rings is 1. The fraction of sp³-hybridized carbons (Fsp3) is 0.350. The van der Waals surface area contributed by atoms with Crippen LogP contribution in [0.2, 0.25) is 5.02 Å². The Morgan fingerprint density at radius 2 is 2.20 bits per heavy atom. The average molecular weight is 424 g/mol. The molecule has 0 spiro atoms. The van der Waals surface area contributed by atoms with Gasteiger partial charge in [0, 0.05) is 30.8 Å². The Kier molecular flexibility index (Phi) is 3.92. The number of H-pyrrole nitrogens is 1. The van der Waals surface area contributed by atoms with Gasteiger partial charge in [-0.2, -0.15) is 5.10 Å². The fourth-order valence-corrected chi connectivity index (χ4v) is 4.41. The Morgan fingerprint density at radius 1 is 1.30 bits per heavy atom. The van der Waals surface area contributed by atoms with E-state index in [9.17, 15) is 4.79 Å². The number of nitrogens with one attached hydrogen (secondary N) is 1. The summed E-state index contributed by atoms with van der Waals surface area (Å²) in [5.41, 5.74) is 3.22. The van der Waals surface area contributed by atoms with Crippen LogP contribution in [0.3, 0.4) is 0 Å². The van der Waals surface area contributed by atoms with E-state index in [4.69, 9.17) is 16.0 Å². The minimum absolute atomic E-state index is 0.0164. The summed E-state index contributed by atoms with van der Waals surface area (Å²) in [4.78, 5) is 22.7. The number of hydrogen-bond donors (Lipinski definition) is 1. The van der Waals surface area contributed by atoms with Crippen LogP contribution in [0.4, 0.5) is 0 Å². The second kappa shape index (κ2) is 6.66. The number of aromatic amines is 1. The van der Waals surface area contributed by atoms with Crippen molar-refractivity contribution in [1.29, 1.82) is 0 Å². The summed E-state index contributed by atoms with van der Waals surface area (Å²) < 4.78 is 7.46. The van der Waals surface area contributed by atoms with E-state index >= 15 is 0 Å². The highest BCUT2D eigenvalue weighted by atomic mass is 35.5. The summed E-state index contributed by atoms with van der Waals surface area (Å²) in [6, 6.07) is 5.07. The molecule has 1 atom stereocenters. The predicted molar refractivity (Wildman–Crippen MR) is 106 cm³/mol. The molecule has 1 fully saturated rings. The molecule has 0 aromatic carbocycles. The van der Waals surface area contributed by atoms with Crippen LogP contribution in [-0.4, -0.2) is 47.1 Å². The molecule has 152 valence electrons. The highest BCUT2D eigenvalue weighted by Gasteiger charge is 2.38. The van der Waals surface area contributed by atoms with Gasteiger partial charge in [0.1, 0.15) is 6.04 Å². The molecule has 5 heterocycles. The minimum atomic E-state index is -0.470. The van der Waals surface area contributed by atoms with Crippen LogP contribution in [0.1, 0.15) is 64.9 Å². The van der Waals surface area contributed by atoms with Gasteiger partial charge in [0.25, 0.3) is 0 Å². The summed E-state index contributed by atoms with van der Waals surface area (Å²) in [6.07, 6.45) is 7.35. The van der Waals surface area contributed by atoms with Crippen molar-refractivity contribution in [2.24, 2.45) is 0 Å². The minimum Gasteiger partial charge on any atom is -0.417 e. The van der Waals surface area contributed by atoms with Gasteiger partial charge < -0.3 is 14.3 Å². The monoisotopic (exact) mass is 423 g/mol. The molecule has 1 saturated carbocycles. The maximum atomic E-state index is 13.4. The zero-order chi connectivity index (χ0) is 20.2. The molecule has 0 bridgehead atoms. The lowest BCUT2D eigenvalue weighted by Crippen LogP contribution is -2.41. The van der Waals surface area contributed by atoms with Crippen LogP contribution in [0, 0.1) is 0 Å². The fourth-order valence-electron chi connectivity index (χ4n) is 4.19. The zero-order valence-electron chi connectivity index (χ0n) is 16.0. The molecule has 6 rings (SSSR count). The number of amides is 1. The Hall–Kier alpha value is -3.20. The molecule has 2 aliphatic rings. The topological polar surface area (TPSA) is 105 Å². The third kappa shape index (κ3) is 2.65. The van der Waals surface area contributed by atoms with Gasteiger partial charge in [-0.05, 0) is 31.0 Å². The van der Waals surface area contributed by atoms with Crippen molar-refractivity contribution in [2.75, 3.05) is 6.54 Å². The largest absolute Gasteiger partial charge is 0.417 e. The number of carbonyl (C=O) groups excluding carboxylic acids is 1. The summed E-state index contributed by atoms with van der Waals surface area (Å²) in [6.45, 7) is 0.488. The molecule has 10 heteroatoms.